The Labute approximate surface area is 136 Å². The summed E-state index contributed by atoms with van der Waals surface area (Å²) in [6.07, 6.45) is 1.58. The number of halogens is 2. The number of aromatic nitrogens is 3. The number of Topliss-reactive ketones (excluding diaryl/α,β-unsaturated/α-hetero) is 1. The highest BCUT2D eigenvalue weighted by Gasteiger charge is 2.15. The molecule has 0 bridgehead atoms. The van der Waals surface area contributed by atoms with Crippen LogP contribution in [0.2, 0.25) is 5.02 Å². The van der Waals surface area contributed by atoms with Gasteiger partial charge in [0.05, 0.1) is 17.4 Å². The summed E-state index contributed by atoms with van der Waals surface area (Å²) >= 11 is 7.19. The van der Waals surface area contributed by atoms with Crippen molar-refractivity contribution in [2.24, 2.45) is 0 Å². The first-order chi connectivity index (χ1) is 10.5. The molecular weight excluding hydrogens is 329 g/mol. The van der Waals surface area contributed by atoms with Crippen LogP contribution >= 0.6 is 23.4 Å². The third-order valence-electron chi connectivity index (χ3n) is 3.00. The zero-order chi connectivity index (χ0) is 16.1. The van der Waals surface area contributed by atoms with E-state index in [1.54, 1.807) is 24.9 Å². The molecule has 0 atom stereocenters. The van der Waals surface area contributed by atoms with Gasteiger partial charge in [-0.15, -0.1) is 10.2 Å². The first kappa shape index (κ1) is 16.9. The molecule has 0 aliphatic carbocycles. The van der Waals surface area contributed by atoms with E-state index in [9.17, 15) is 9.18 Å². The third kappa shape index (κ3) is 4.06. The van der Waals surface area contributed by atoms with E-state index in [1.807, 2.05) is 0 Å². The van der Waals surface area contributed by atoms with Crippen molar-refractivity contribution in [2.75, 3.05) is 19.5 Å². The molecule has 1 aromatic carbocycles. The lowest BCUT2D eigenvalue weighted by atomic mass is 10.1. The van der Waals surface area contributed by atoms with E-state index in [0.717, 1.165) is 6.07 Å². The molecule has 1 aromatic heterocycles. The molecule has 0 spiro atoms. The average molecular weight is 344 g/mol. The van der Waals surface area contributed by atoms with Gasteiger partial charge in [-0.2, -0.15) is 0 Å². The number of thioether (sulfide) groups is 1. The minimum absolute atomic E-state index is 0.120. The van der Waals surface area contributed by atoms with Crippen LogP contribution in [0.3, 0.4) is 0 Å². The Bertz CT molecular complexity index is 678. The van der Waals surface area contributed by atoms with Gasteiger partial charge in [0.25, 0.3) is 0 Å². The molecule has 22 heavy (non-hydrogen) atoms. The standard InChI is InChI=1S/C14H15ClFN3O2S/c1-9-5-10(11(15)6-12(9)16)13(20)7-22-14-18-17-8-19(14)3-4-21-2/h5-6,8H,3-4,7H2,1-2H3. The fraction of sp³-hybridized carbons (Fsp3) is 0.357. The van der Waals surface area contributed by atoms with Crippen molar-refractivity contribution in [3.05, 3.63) is 40.4 Å². The van der Waals surface area contributed by atoms with Gasteiger partial charge in [-0.3, -0.25) is 4.79 Å². The molecule has 2 rings (SSSR count). The summed E-state index contributed by atoms with van der Waals surface area (Å²) in [4.78, 5) is 12.2. The number of benzene rings is 1. The van der Waals surface area contributed by atoms with Crippen molar-refractivity contribution in [2.45, 2.75) is 18.6 Å². The number of aryl methyl sites for hydroxylation is 1. The van der Waals surface area contributed by atoms with Crippen molar-refractivity contribution in [1.82, 2.24) is 14.8 Å². The largest absolute Gasteiger partial charge is 0.383 e. The number of ketones is 1. The molecule has 0 aliphatic rings. The molecule has 0 saturated heterocycles. The Balaban J connectivity index is 2.04. The van der Waals surface area contributed by atoms with Gasteiger partial charge in [-0.1, -0.05) is 23.4 Å². The minimum atomic E-state index is -0.423. The third-order valence-corrected chi connectivity index (χ3v) is 4.29. The van der Waals surface area contributed by atoms with Gasteiger partial charge < -0.3 is 9.30 Å². The SMILES string of the molecule is COCCn1cnnc1SCC(=O)c1cc(C)c(F)cc1Cl. The van der Waals surface area contributed by atoms with Crippen LogP contribution in [0.25, 0.3) is 0 Å². The molecular formula is C14H15ClFN3O2S. The lowest BCUT2D eigenvalue weighted by Crippen LogP contribution is -2.08. The second-order valence-electron chi connectivity index (χ2n) is 4.59. The van der Waals surface area contributed by atoms with Crippen molar-refractivity contribution in [3.63, 3.8) is 0 Å². The maximum Gasteiger partial charge on any atom is 0.191 e. The number of ether oxygens (including phenoxy) is 1. The normalized spacial score (nSPS) is 10.9. The molecule has 0 fully saturated rings. The number of nitrogens with zero attached hydrogens (tertiary/aromatic N) is 3. The molecule has 0 unspecified atom stereocenters. The molecule has 8 heteroatoms. The van der Waals surface area contributed by atoms with E-state index in [-0.39, 0.29) is 16.6 Å². The fourth-order valence-electron chi connectivity index (χ4n) is 1.78. The molecule has 0 radical (unpaired) electrons. The number of carbonyl (C=O) groups is 1. The Morgan fingerprint density at radius 2 is 2.27 bits per heavy atom. The van der Waals surface area contributed by atoms with Gasteiger partial charge in [0.1, 0.15) is 12.1 Å². The second-order valence-corrected chi connectivity index (χ2v) is 5.94. The van der Waals surface area contributed by atoms with Crippen molar-refractivity contribution < 1.29 is 13.9 Å². The van der Waals surface area contributed by atoms with E-state index in [1.165, 1.54) is 17.8 Å². The molecule has 118 valence electrons. The summed E-state index contributed by atoms with van der Waals surface area (Å²) in [5.74, 6) is -0.455. The lowest BCUT2D eigenvalue weighted by Gasteiger charge is -2.07. The number of hydrogen-bond acceptors (Lipinski definition) is 5. The highest BCUT2D eigenvalue weighted by Crippen LogP contribution is 2.23. The van der Waals surface area contributed by atoms with Gasteiger partial charge in [0.2, 0.25) is 0 Å². The van der Waals surface area contributed by atoms with E-state index >= 15 is 0 Å². The summed E-state index contributed by atoms with van der Waals surface area (Å²) in [5.41, 5.74) is 0.706. The fourth-order valence-corrected chi connectivity index (χ4v) is 2.86. The van der Waals surface area contributed by atoms with E-state index in [0.29, 0.717) is 29.4 Å². The zero-order valence-electron chi connectivity index (χ0n) is 12.2. The van der Waals surface area contributed by atoms with Crippen LogP contribution in [0, 0.1) is 12.7 Å². The molecule has 1 heterocycles. The predicted octanol–water partition coefficient (Wildman–Crippen LogP) is 3.00. The molecule has 0 amide bonds. The molecule has 0 aliphatic heterocycles. The average Bonchev–Trinajstić information content (AvgIpc) is 2.93. The van der Waals surface area contributed by atoms with Crippen molar-refractivity contribution in [1.29, 1.82) is 0 Å². The maximum atomic E-state index is 13.4. The second kappa shape index (κ2) is 7.71. The summed E-state index contributed by atoms with van der Waals surface area (Å²) in [5, 5.41) is 8.53. The quantitative estimate of drug-likeness (QED) is 0.571. The van der Waals surface area contributed by atoms with Gasteiger partial charge in [-0.25, -0.2) is 4.39 Å². The van der Waals surface area contributed by atoms with Crippen LogP contribution in [-0.4, -0.2) is 40.0 Å². The van der Waals surface area contributed by atoms with Gasteiger partial charge in [-0.05, 0) is 24.6 Å². The Hall–Kier alpha value is -1.44. The van der Waals surface area contributed by atoms with Crippen LogP contribution in [0.1, 0.15) is 15.9 Å². The van der Waals surface area contributed by atoms with E-state index in [2.05, 4.69) is 10.2 Å². The summed E-state index contributed by atoms with van der Waals surface area (Å²) in [7, 11) is 1.61. The Morgan fingerprint density at radius 1 is 1.50 bits per heavy atom. The first-order valence-electron chi connectivity index (χ1n) is 6.51. The predicted molar refractivity (Wildman–Crippen MR) is 83.1 cm³/mol. The van der Waals surface area contributed by atoms with Crippen LogP contribution in [-0.2, 0) is 11.3 Å². The number of rotatable bonds is 7. The van der Waals surface area contributed by atoms with Gasteiger partial charge >= 0.3 is 0 Å². The summed E-state index contributed by atoms with van der Waals surface area (Å²) in [6, 6.07) is 2.63. The summed E-state index contributed by atoms with van der Waals surface area (Å²) < 4.78 is 20.2. The highest BCUT2D eigenvalue weighted by molar-refractivity contribution is 7.99. The minimum Gasteiger partial charge on any atom is -0.383 e. The van der Waals surface area contributed by atoms with Gasteiger partial charge in [0.15, 0.2) is 10.9 Å². The zero-order valence-corrected chi connectivity index (χ0v) is 13.7. The molecule has 5 nitrogen and oxygen atoms in total. The molecule has 2 aromatic rings. The van der Waals surface area contributed by atoms with Crippen LogP contribution in [0.5, 0.6) is 0 Å². The number of hydrogen-bond donors (Lipinski definition) is 0. The van der Waals surface area contributed by atoms with Crippen LogP contribution in [0.15, 0.2) is 23.6 Å². The van der Waals surface area contributed by atoms with Crippen molar-refractivity contribution in [3.8, 4) is 0 Å². The molecule has 0 saturated carbocycles. The van der Waals surface area contributed by atoms with Crippen LogP contribution in [0.4, 0.5) is 4.39 Å². The molecule has 0 N–H and O–H groups in total. The van der Waals surface area contributed by atoms with Gasteiger partial charge in [0, 0.05) is 19.2 Å². The summed E-state index contributed by atoms with van der Waals surface area (Å²) in [6.45, 7) is 2.73. The monoisotopic (exact) mass is 343 g/mol. The first-order valence-corrected chi connectivity index (χ1v) is 7.87. The van der Waals surface area contributed by atoms with Crippen molar-refractivity contribution >= 4 is 29.1 Å². The maximum absolute atomic E-state index is 13.4. The highest BCUT2D eigenvalue weighted by atomic mass is 35.5. The topological polar surface area (TPSA) is 57.0 Å². The Morgan fingerprint density at radius 3 is 3.00 bits per heavy atom. The Kier molecular flexibility index (Phi) is 5.93. The van der Waals surface area contributed by atoms with Crippen LogP contribution < -0.4 is 0 Å². The number of methoxy groups -OCH3 is 1. The van der Waals surface area contributed by atoms with E-state index in [4.69, 9.17) is 16.3 Å². The number of carbonyl (C=O) groups excluding carboxylic acids is 1. The van der Waals surface area contributed by atoms with E-state index < -0.39 is 5.82 Å². The smallest absolute Gasteiger partial charge is 0.191 e. The lowest BCUT2D eigenvalue weighted by molar-refractivity contribution is 0.102.